The molecule has 1 aliphatic heterocycles. The van der Waals surface area contributed by atoms with E-state index in [2.05, 4.69) is 9.97 Å². The van der Waals surface area contributed by atoms with E-state index >= 15 is 0 Å². The molecule has 1 amide bonds. The van der Waals surface area contributed by atoms with E-state index in [4.69, 9.17) is 4.74 Å². The third-order valence-electron chi connectivity index (χ3n) is 4.53. The van der Waals surface area contributed by atoms with E-state index in [1.165, 1.54) is 0 Å². The van der Waals surface area contributed by atoms with E-state index in [1.807, 2.05) is 24.3 Å². The van der Waals surface area contributed by atoms with Gasteiger partial charge in [0.25, 0.3) is 11.5 Å². The molecule has 1 aliphatic rings. The molecule has 1 aromatic heterocycles. The van der Waals surface area contributed by atoms with Gasteiger partial charge in [-0.1, -0.05) is 12.1 Å². The molecule has 1 atom stereocenters. The Hall–Kier alpha value is -2.63. The molecule has 2 aromatic rings. The number of aromatic nitrogens is 2. The molecular weight excluding hydrogens is 306 g/mol. The van der Waals surface area contributed by atoms with Gasteiger partial charge in [-0.2, -0.15) is 0 Å². The van der Waals surface area contributed by atoms with Crippen molar-refractivity contribution in [1.82, 2.24) is 14.9 Å². The zero-order valence-corrected chi connectivity index (χ0v) is 14.1. The number of likely N-dealkylation sites (tertiary alicyclic amines) is 1. The monoisotopic (exact) mass is 327 g/mol. The zero-order chi connectivity index (χ0) is 17.3. The molecule has 2 heterocycles. The second kappa shape index (κ2) is 6.47. The number of H-pyrrole nitrogens is 1. The van der Waals surface area contributed by atoms with Crippen LogP contribution in [0.1, 0.15) is 46.3 Å². The van der Waals surface area contributed by atoms with Crippen molar-refractivity contribution in [3.8, 4) is 5.75 Å². The number of rotatable bonds is 3. The zero-order valence-electron chi connectivity index (χ0n) is 14.1. The van der Waals surface area contributed by atoms with Gasteiger partial charge in [0, 0.05) is 12.2 Å². The fourth-order valence-corrected chi connectivity index (χ4v) is 3.11. The minimum Gasteiger partial charge on any atom is -0.497 e. The predicted octanol–water partition coefficient (Wildman–Crippen LogP) is 2.37. The first-order valence-corrected chi connectivity index (χ1v) is 8.03. The fourth-order valence-electron chi connectivity index (χ4n) is 3.11. The lowest BCUT2D eigenvalue weighted by Gasteiger charge is -2.25. The van der Waals surface area contributed by atoms with E-state index in [0.717, 1.165) is 24.2 Å². The summed E-state index contributed by atoms with van der Waals surface area (Å²) in [7, 11) is 1.62. The Balaban J connectivity index is 1.94. The van der Waals surface area contributed by atoms with Gasteiger partial charge in [0.2, 0.25) is 0 Å². The van der Waals surface area contributed by atoms with Crippen LogP contribution in [0.5, 0.6) is 5.75 Å². The topological polar surface area (TPSA) is 75.3 Å². The lowest BCUT2D eigenvalue weighted by atomic mass is 10.0. The van der Waals surface area contributed by atoms with Crippen molar-refractivity contribution in [3.05, 3.63) is 57.3 Å². The van der Waals surface area contributed by atoms with Crippen molar-refractivity contribution in [3.63, 3.8) is 0 Å². The Morgan fingerprint density at radius 2 is 2.17 bits per heavy atom. The minimum atomic E-state index is -0.431. The van der Waals surface area contributed by atoms with Gasteiger partial charge < -0.3 is 14.6 Å². The van der Waals surface area contributed by atoms with E-state index in [1.54, 1.807) is 25.9 Å². The molecule has 0 bridgehead atoms. The average Bonchev–Trinajstić information content (AvgIpc) is 3.07. The smallest absolute Gasteiger partial charge is 0.279 e. The number of carbonyl (C=O) groups excluding carboxylic acids is 1. The fraction of sp³-hybridized carbons (Fsp3) is 0.389. The molecule has 1 N–H and O–H groups in total. The first-order chi connectivity index (χ1) is 11.5. The summed E-state index contributed by atoms with van der Waals surface area (Å²) in [6, 6.07) is 7.65. The van der Waals surface area contributed by atoms with Crippen LogP contribution in [0.4, 0.5) is 0 Å². The van der Waals surface area contributed by atoms with Gasteiger partial charge in [0.05, 0.1) is 18.8 Å². The Morgan fingerprint density at radius 3 is 2.92 bits per heavy atom. The third kappa shape index (κ3) is 2.91. The highest BCUT2D eigenvalue weighted by molar-refractivity contribution is 5.92. The summed E-state index contributed by atoms with van der Waals surface area (Å²) >= 11 is 0. The van der Waals surface area contributed by atoms with E-state index in [9.17, 15) is 9.59 Å². The Labute approximate surface area is 140 Å². The molecule has 126 valence electrons. The average molecular weight is 327 g/mol. The number of hydrogen-bond donors (Lipinski definition) is 1. The second-order valence-electron chi connectivity index (χ2n) is 6.06. The van der Waals surface area contributed by atoms with E-state index in [0.29, 0.717) is 17.9 Å². The van der Waals surface area contributed by atoms with Crippen LogP contribution in [0.15, 0.2) is 29.1 Å². The maximum Gasteiger partial charge on any atom is 0.279 e. The summed E-state index contributed by atoms with van der Waals surface area (Å²) in [5, 5.41) is 0. The largest absolute Gasteiger partial charge is 0.497 e. The molecule has 1 aromatic carbocycles. The molecule has 1 fully saturated rings. The Bertz CT molecular complexity index is 828. The van der Waals surface area contributed by atoms with Gasteiger partial charge in [0.15, 0.2) is 5.69 Å². The molecular formula is C18H21N3O3. The van der Waals surface area contributed by atoms with Crippen LogP contribution >= 0.6 is 0 Å². The molecule has 0 aliphatic carbocycles. The normalized spacial score (nSPS) is 17.1. The number of nitrogens with zero attached hydrogens (tertiary/aromatic N) is 2. The van der Waals surface area contributed by atoms with Crippen molar-refractivity contribution in [2.45, 2.75) is 32.7 Å². The van der Waals surface area contributed by atoms with Gasteiger partial charge in [-0.05, 0) is 44.4 Å². The van der Waals surface area contributed by atoms with Crippen molar-refractivity contribution in [2.24, 2.45) is 0 Å². The first-order valence-electron chi connectivity index (χ1n) is 8.03. The van der Waals surface area contributed by atoms with Gasteiger partial charge in [0.1, 0.15) is 5.75 Å². The van der Waals surface area contributed by atoms with Crippen molar-refractivity contribution < 1.29 is 9.53 Å². The van der Waals surface area contributed by atoms with Gasteiger partial charge >= 0.3 is 0 Å². The van der Waals surface area contributed by atoms with Crippen LogP contribution in [0.3, 0.4) is 0 Å². The van der Waals surface area contributed by atoms with Crippen LogP contribution in [0, 0.1) is 13.8 Å². The number of methoxy groups -OCH3 is 1. The van der Waals surface area contributed by atoms with Crippen molar-refractivity contribution in [1.29, 1.82) is 0 Å². The molecule has 6 nitrogen and oxygen atoms in total. The maximum absolute atomic E-state index is 12.9. The highest BCUT2D eigenvalue weighted by atomic mass is 16.5. The lowest BCUT2D eigenvalue weighted by Crippen LogP contribution is -2.36. The van der Waals surface area contributed by atoms with Crippen molar-refractivity contribution in [2.75, 3.05) is 13.7 Å². The maximum atomic E-state index is 12.9. The SMILES string of the molecule is COc1cccc(C2CCCN2C(=O)c2nc(C)c(C)[nH]c2=O)c1. The van der Waals surface area contributed by atoms with Crippen LogP contribution in [-0.2, 0) is 0 Å². The quantitative estimate of drug-likeness (QED) is 0.939. The molecule has 0 saturated carbocycles. The second-order valence-corrected chi connectivity index (χ2v) is 6.06. The van der Waals surface area contributed by atoms with Crippen LogP contribution in [0.2, 0.25) is 0 Å². The molecule has 0 spiro atoms. The number of aromatic amines is 1. The van der Waals surface area contributed by atoms with Gasteiger partial charge in [-0.25, -0.2) is 4.98 Å². The van der Waals surface area contributed by atoms with E-state index in [-0.39, 0.29) is 17.6 Å². The van der Waals surface area contributed by atoms with Gasteiger partial charge in [-0.3, -0.25) is 9.59 Å². The minimum absolute atomic E-state index is 0.0344. The number of benzene rings is 1. The summed E-state index contributed by atoms with van der Waals surface area (Å²) in [4.78, 5) is 33.7. The number of hydrogen-bond acceptors (Lipinski definition) is 4. The van der Waals surface area contributed by atoms with Crippen LogP contribution < -0.4 is 10.3 Å². The number of carbonyl (C=O) groups is 1. The molecule has 0 radical (unpaired) electrons. The number of nitrogens with one attached hydrogen (secondary N) is 1. The summed E-state index contributed by atoms with van der Waals surface area (Å²) in [5.41, 5.74) is 1.89. The van der Waals surface area contributed by atoms with Crippen molar-refractivity contribution >= 4 is 5.91 Å². The molecule has 3 rings (SSSR count). The van der Waals surface area contributed by atoms with Crippen LogP contribution in [-0.4, -0.2) is 34.4 Å². The highest BCUT2D eigenvalue weighted by Crippen LogP contribution is 2.34. The summed E-state index contributed by atoms with van der Waals surface area (Å²) in [6.45, 7) is 4.17. The molecule has 24 heavy (non-hydrogen) atoms. The summed E-state index contributed by atoms with van der Waals surface area (Å²) in [6.07, 6.45) is 1.76. The third-order valence-corrected chi connectivity index (χ3v) is 4.53. The molecule has 1 saturated heterocycles. The highest BCUT2D eigenvalue weighted by Gasteiger charge is 2.32. The van der Waals surface area contributed by atoms with Gasteiger partial charge in [-0.15, -0.1) is 0 Å². The standard InChI is InChI=1S/C18H21N3O3/c1-11-12(2)20-17(22)16(19-11)18(23)21-9-5-8-15(21)13-6-4-7-14(10-13)24-3/h4,6-7,10,15H,5,8-9H2,1-3H3,(H,20,22). The lowest BCUT2D eigenvalue weighted by molar-refractivity contribution is 0.0727. The Kier molecular flexibility index (Phi) is 4.38. The number of aryl methyl sites for hydroxylation is 2. The first kappa shape index (κ1) is 16.2. The predicted molar refractivity (Wildman–Crippen MR) is 90.3 cm³/mol. The Morgan fingerprint density at radius 1 is 1.38 bits per heavy atom. The molecule has 1 unspecified atom stereocenters. The molecule has 6 heteroatoms. The summed E-state index contributed by atoms with van der Waals surface area (Å²) in [5.74, 6) is 0.443. The number of amides is 1. The van der Waals surface area contributed by atoms with Crippen LogP contribution in [0.25, 0.3) is 0 Å². The van der Waals surface area contributed by atoms with E-state index < -0.39 is 5.56 Å². The number of ether oxygens (including phenoxy) is 1. The summed E-state index contributed by atoms with van der Waals surface area (Å²) < 4.78 is 5.27.